The van der Waals surface area contributed by atoms with E-state index >= 15 is 0 Å². The lowest BCUT2D eigenvalue weighted by Crippen LogP contribution is -2.44. The Labute approximate surface area is 114 Å². The summed E-state index contributed by atoms with van der Waals surface area (Å²) in [5, 5.41) is 9.57. The third-order valence-electron chi connectivity index (χ3n) is 3.39. The first-order chi connectivity index (χ1) is 9.13. The molecule has 1 aromatic carbocycles. The van der Waals surface area contributed by atoms with Crippen LogP contribution >= 0.6 is 0 Å². The Bertz CT molecular complexity index is 459. The molecule has 19 heavy (non-hydrogen) atoms. The number of anilines is 1. The highest BCUT2D eigenvalue weighted by Gasteiger charge is 2.31. The number of fused-ring (bicyclic) bond motifs is 1. The van der Waals surface area contributed by atoms with Crippen molar-refractivity contribution in [2.45, 2.75) is 45.6 Å². The summed E-state index contributed by atoms with van der Waals surface area (Å²) in [6.45, 7) is 4.61. The van der Waals surface area contributed by atoms with Gasteiger partial charge in [0.15, 0.2) is 6.10 Å². The van der Waals surface area contributed by atoms with E-state index in [1.54, 1.807) is 30.0 Å². The second-order valence-corrected chi connectivity index (χ2v) is 4.96. The molecule has 0 aromatic heterocycles. The number of carbonyl (C=O) groups excluding carboxylic acids is 1. The average molecular weight is 263 g/mol. The van der Waals surface area contributed by atoms with Gasteiger partial charge in [0.25, 0.3) is 5.91 Å². The summed E-state index contributed by atoms with van der Waals surface area (Å²) in [5.74, 6) is 0.790. The minimum absolute atomic E-state index is 0.0328. The lowest BCUT2D eigenvalue weighted by molar-refractivity contribution is -0.125. The number of benzene rings is 1. The van der Waals surface area contributed by atoms with Crippen LogP contribution < -0.4 is 9.64 Å². The Morgan fingerprint density at radius 3 is 2.84 bits per heavy atom. The molecule has 1 heterocycles. The first kappa shape index (κ1) is 13.7. The molecule has 1 amide bonds. The fraction of sp³-hybridized carbons (Fsp3) is 0.533. The van der Waals surface area contributed by atoms with Gasteiger partial charge in [-0.15, -0.1) is 0 Å². The van der Waals surface area contributed by atoms with Crippen molar-refractivity contribution in [3.8, 4) is 11.5 Å². The van der Waals surface area contributed by atoms with Crippen molar-refractivity contribution in [1.82, 2.24) is 0 Å². The van der Waals surface area contributed by atoms with Gasteiger partial charge < -0.3 is 14.7 Å². The molecule has 1 aromatic rings. The van der Waals surface area contributed by atoms with Crippen LogP contribution in [0.15, 0.2) is 18.2 Å². The second-order valence-electron chi connectivity index (χ2n) is 4.96. The monoisotopic (exact) mass is 263 g/mol. The molecule has 0 radical (unpaired) electrons. The van der Waals surface area contributed by atoms with Gasteiger partial charge in [0.1, 0.15) is 11.5 Å². The zero-order valence-electron chi connectivity index (χ0n) is 11.6. The zero-order valence-corrected chi connectivity index (χ0v) is 11.6. The first-order valence-electron chi connectivity index (χ1n) is 6.94. The molecule has 1 unspecified atom stereocenters. The summed E-state index contributed by atoms with van der Waals surface area (Å²) in [6, 6.07) is 4.89. The number of carbonyl (C=O) groups is 1. The fourth-order valence-corrected chi connectivity index (χ4v) is 2.32. The Morgan fingerprint density at radius 1 is 1.32 bits per heavy atom. The van der Waals surface area contributed by atoms with Crippen molar-refractivity contribution < 1.29 is 14.6 Å². The number of phenols is 1. The van der Waals surface area contributed by atoms with Crippen LogP contribution in [0.5, 0.6) is 11.5 Å². The van der Waals surface area contributed by atoms with Crippen LogP contribution in [-0.2, 0) is 4.79 Å². The number of phenolic OH excluding ortho intramolecular Hbond substituents is 1. The van der Waals surface area contributed by atoms with Crippen molar-refractivity contribution >= 4 is 11.6 Å². The number of nitrogens with zero attached hydrogens (tertiary/aromatic N) is 1. The molecule has 1 N–H and O–H groups in total. The first-order valence-corrected chi connectivity index (χ1v) is 6.94. The predicted octanol–water partition coefficient (Wildman–Crippen LogP) is 3.09. The van der Waals surface area contributed by atoms with Gasteiger partial charge in [-0.1, -0.05) is 26.2 Å². The molecule has 0 aliphatic carbocycles. The van der Waals surface area contributed by atoms with E-state index in [0.717, 1.165) is 12.8 Å². The lowest BCUT2D eigenvalue weighted by atomic mass is 10.1. The van der Waals surface area contributed by atoms with Gasteiger partial charge in [-0.2, -0.15) is 0 Å². The standard InChI is InChI=1S/C15H21NO3/c1-3-4-5-6-9-16-13-10-12(17)7-8-14(13)19-11(2)15(16)18/h7-8,10-11,17H,3-6,9H2,1-2H3. The van der Waals surface area contributed by atoms with Gasteiger partial charge in [-0.05, 0) is 25.5 Å². The van der Waals surface area contributed by atoms with Crippen LogP contribution in [0.25, 0.3) is 0 Å². The number of hydrogen-bond acceptors (Lipinski definition) is 3. The third-order valence-corrected chi connectivity index (χ3v) is 3.39. The van der Waals surface area contributed by atoms with E-state index in [-0.39, 0.29) is 11.7 Å². The maximum absolute atomic E-state index is 12.2. The molecule has 1 atom stereocenters. The van der Waals surface area contributed by atoms with E-state index in [0.29, 0.717) is 18.0 Å². The highest BCUT2D eigenvalue weighted by molar-refractivity contribution is 6.00. The fourth-order valence-electron chi connectivity index (χ4n) is 2.32. The van der Waals surface area contributed by atoms with Crippen LogP contribution in [0.3, 0.4) is 0 Å². The van der Waals surface area contributed by atoms with E-state index in [4.69, 9.17) is 4.74 Å². The van der Waals surface area contributed by atoms with Crippen LogP contribution in [0.4, 0.5) is 5.69 Å². The van der Waals surface area contributed by atoms with E-state index in [9.17, 15) is 9.90 Å². The highest BCUT2D eigenvalue weighted by Crippen LogP contribution is 2.36. The Hall–Kier alpha value is -1.71. The highest BCUT2D eigenvalue weighted by atomic mass is 16.5. The molecule has 0 spiro atoms. The van der Waals surface area contributed by atoms with Crippen LogP contribution in [0.1, 0.15) is 39.5 Å². The largest absolute Gasteiger partial charge is 0.508 e. The van der Waals surface area contributed by atoms with Crippen molar-refractivity contribution in [2.75, 3.05) is 11.4 Å². The van der Waals surface area contributed by atoms with E-state index in [2.05, 4.69) is 6.92 Å². The number of amides is 1. The maximum atomic E-state index is 12.2. The molecule has 4 heteroatoms. The summed E-state index contributed by atoms with van der Waals surface area (Å²) in [6.07, 6.45) is 3.99. The van der Waals surface area contributed by atoms with E-state index < -0.39 is 6.10 Å². The minimum atomic E-state index is -0.455. The molecule has 0 bridgehead atoms. The Balaban J connectivity index is 2.16. The van der Waals surface area contributed by atoms with Crippen molar-refractivity contribution in [1.29, 1.82) is 0 Å². The molecule has 104 valence electrons. The van der Waals surface area contributed by atoms with Crippen LogP contribution in [0.2, 0.25) is 0 Å². The molecular weight excluding hydrogens is 242 g/mol. The number of ether oxygens (including phenoxy) is 1. The molecule has 2 rings (SSSR count). The quantitative estimate of drug-likeness (QED) is 0.830. The third kappa shape index (κ3) is 3.00. The van der Waals surface area contributed by atoms with Crippen LogP contribution in [0, 0.1) is 0 Å². The summed E-state index contributed by atoms with van der Waals surface area (Å²) < 4.78 is 5.55. The van der Waals surface area contributed by atoms with Crippen molar-refractivity contribution in [3.05, 3.63) is 18.2 Å². The number of hydrogen-bond donors (Lipinski definition) is 1. The minimum Gasteiger partial charge on any atom is -0.508 e. The number of rotatable bonds is 5. The molecule has 1 aliphatic heterocycles. The van der Waals surface area contributed by atoms with Gasteiger partial charge in [-0.3, -0.25) is 4.79 Å². The summed E-state index contributed by atoms with van der Waals surface area (Å²) >= 11 is 0. The normalized spacial score (nSPS) is 18.1. The predicted molar refractivity (Wildman–Crippen MR) is 74.7 cm³/mol. The Kier molecular flexibility index (Phi) is 4.30. The van der Waals surface area contributed by atoms with Crippen LogP contribution in [-0.4, -0.2) is 23.7 Å². The topological polar surface area (TPSA) is 49.8 Å². The van der Waals surface area contributed by atoms with Crippen molar-refractivity contribution in [3.63, 3.8) is 0 Å². The summed E-state index contributed by atoms with van der Waals surface area (Å²) in [4.78, 5) is 13.9. The molecule has 0 saturated heterocycles. The lowest BCUT2D eigenvalue weighted by Gasteiger charge is -2.33. The SMILES string of the molecule is CCCCCCN1C(=O)C(C)Oc2ccc(O)cc21. The summed E-state index contributed by atoms with van der Waals surface area (Å²) in [5.41, 5.74) is 0.680. The second kappa shape index (κ2) is 5.95. The molecule has 0 fully saturated rings. The molecular formula is C15H21NO3. The van der Waals surface area contributed by atoms with Gasteiger partial charge in [0, 0.05) is 12.6 Å². The molecule has 0 saturated carbocycles. The molecule has 4 nitrogen and oxygen atoms in total. The summed E-state index contributed by atoms with van der Waals surface area (Å²) in [7, 11) is 0. The average Bonchev–Trinajstić information content (AvgIpc) is 2.39. The molecule has 1 aliphatic rings. The van der Waals surface area contributed by atoms with Gasteiger partial charge in [-0.25, -0.2) is 0 Å². The van der Waals surface area contributed by atoms with Gasteiger partial charge in [0.05, 0.1) is 5.69 Å². The number of aromatic hydroxyl groups is 1. The maximum Gasteiger partial charge on any atom is 0.267 e. The number of unbranched alkanes of at least 4 members (excludes halogenated alkanes) is 3. The van der Waals surface area contributed by atoms with E-state index in [1.807, 2.05) is 0 Å². The smallest absolute Gasteiger partial charge is 0.267 e. The zero-order chi connectivity index (χ0) is 13.8. The Morgan fingerprint density at radius 2 is 2.11 bits per heavy atom. The van der Waals surface area contributed by atoms with Crippen molar-refractivity contribution in [2.24, 2.45) is 0 Å². The van der Waals surface area contributed by atoms with E-state index in [1.165, 1.54) is 12.8 Å². The van der Waals surface area contributed by atoms with Gasteiger partial charge >= 0.3 is 0 Å². The van der Waals surface area contributed by atoms with Gasteiger partial charge in [0.2, 0.25) is 0 Å².